The number of unbranched alkanes of at least 4 members (excludes halogenated alkanes) is 19. The molecule has 1 aromatic carbocycles. The minimum atomic E-state index is -2.22. The van der Waals surface area contributed by atoms with Crippen LogP contribution in [0.5, 0.6) is 5.75 Å². The Labute approximate surface area is 229 Å². The van der Waals surface area contributed by atoms with Gasteiger partial charge in [-0.25, -0.2) is 0 Å². The number of halogens is 2. The fraction of sp³-hybridized carbons (Fsp3) is 0.800. The summed E-state index contributed by atoms with van der Waals surface area (Å²) >= 11 is 12.1. The topological polar surface area (TPSA) is 18.5 Å². The van der Waals surface area contributed by atoms with E-state index in [0.717, 1.165) is 13.0 Å². The highest BCUT2D eigenvalue weighted by Crippen LogP contribution is 2.26. The molecule has 2 nitrogen and oxygen atoms in total. The van der Waals surface area contributed by atoms with Crippen LogP contribution in [0.1, 0.15) is 135 Å². The second kappa shape index (κ2) is 21.8. The van der Waals surface area contributed by atoms with Gasteiger partial charge in [-0.15, -0.1) is 0 Å². The Hall–Kier alpha value is -0.223. The Morgan fingerprint density at radius 1 is 0.543 bits per heavy atom. The lowest BCUT2D eigenvalue weighted by molar-refractivity contribution is 0.240. The van der Waals surface area contributed by atoms with Gasteiger partial charge < -0.3 is 8.85 Å². The number of hydrogen-bond acceptors (Lipinski definition) is 2. The fourth-order valence-electron chi connectivity index (χ4n) is 4.58. The van der Waals surface area contributed by atoms with Crippen molar-refractivity contribution in [3.8, 4) is 5.75 Å². The maximum absolute atomic E-state index is 6.08. The van der Waals surface area contributed by atoms with Crippen LogP contribution >= 0.6 is 23.2 Å². The first-order valence-electron chi connectivity index (χ1n) is 14.7. The minimum Gasteiger partial charge on any atom is -0.520 e. The van der Waals surface area contributed by atoms with E-state index in [9.17, 15) is 0 Å². The molecule has 204 valence electrons. The molecule has 0 heterocycles. The summed E-state index contributed by atoms with van der Waals surface area (Å²) < 4.78 is 12.1. The molecule has 0 aliphatic rings. The predicted molar refractivity (Wildman–Crippen MR) is 159 cm³/mol. The van der Waals surface area contributed by atoms with Crippen LogP contribution in [-0.4, -0.2) is 15.2 Å². The van der Waals surface area contributed by atoms with Crippen LogP contribution in [0.3, 0.4) is 0 Å². The second-order valence-corrected chi connectivity index (χ2v) is 14.8. The Kier molecular flexibility index (Phi) is 20.5. The molecule has 0 fully saturated rings. The van der Waals surface area contributed by atoms with Crippen molar-refractivity contribution in [1.82, 2.24) is 0 Å². The Balaban J connectivity index is 1.82. The molecule has 0 aliphatic heterocycles. The van der Waals surface area contributed by atoms with E-state index in [4.69, 9.17) is 32.1 Å². The molecule has 0 aliphatic carbocycles. The third-order valence-electron chi connectivity index (χ3n) is 6.65. The zero-order valence-electron chi connectivity index (χ0n) is 23.2. The largest absolute Gasteiger partial charge is 0.520 e. The van der Waals surface area contributed by atoms with E-state index in [1.54, 1.807) is 18.2 Å². The SMILES string of the molecule is CCCCCCCCCCCCCCCCCCCCCCO[Si](C)(C)Oc1cc(Cl)cc(Cl)c1. The molecule has 0 N–H and O–H groups in total. The number of rotatable bonds is 24. The van der Waals surface area contributed by atoms with Crippen molar-refractivity contribution in [2.45, 2.75) is 148 Å². The van der Waals surface area contributed by atoms with Crippen molar-refractivity contribution >= 4 is 31.8 Å². The van der Waals surface area contributed by atoms with Gasteiger partial charge in [-0.2, -0.15) is 0 Å². The molecule has 5 heteroatoms. The van der Waals surface area contributed by atoms with Gasteiger partial charge in [-0.05, 0) is 37.7 Å². The summed E-state index contributed by atoms with van der Waals surface area (Å²) in [6, 6.07) is 5.30. The second-order valence-electron chi connectivity index (χ2n) is 10.7. The fourth-order valence-corrected chi connectivity index (χ4v) is 6.46. The summed E-state index contributed by atoms with van der Waals surface area (Å²) in [6.45, 7) is 7.20. The van der Waals surface area contributed by atoms with E-state index in [0.29, 0.717) is 15.8 Å². The van der Waals surface area contributed by atoms with Gasteiger partial charge in [0.25, 0.3) is 0 Å². The van der Waals surface area contributed by atoms with Gasteiger partial charge in [0.2, 0.25) is 0 Å². The normalized spacial score (nSPS) is 11.8. The maximum atomic E-state index is 6.08. The van der Waals surface area contributed by atoms with Gasteiger partial charge in [-0.1, -0.05) is 152 Å². The molecule has 0 bridgehead atoms. The Morgan fingerprint density at radius 3 is 1.26 bits per heavy atom. The molecule has 0 saturated carbocycles. The first kappa shape index (κ1) is 32.8. The van der Waals surface area contributed by atoms with Gasteiger partial charge in [0.05, 0.1) is 0 Å². The standard InChI is InChI=1S/C30H54Cl2O2Si/c1-4-5-6-7-8-9-10-11-12-13-14-15-16-17-18-19-20-21-22-23-24-33-35(2,3)34-30-26-28(31)25-29(32)27-30/h25-27H,4-24H2,1-3H3. The summed E-state index contributed by atoms with van der Waals surface area (Å²) in [5.41, 5.74) is 0. The summed E-state index contributed by atoms with van der Waals surface area (Å²) in [7, 11) is -2.22. The number of hydrogen-bond donors (Lipinski definition) is 0. The third-order valence-corrected chi connectivity index (χ3v) is 8.71. The van der Waals surface area contributed by atoms with Crippen LogP contribution in [0.25, 0.3) is 0 Å². The highest BCUT2D eigenvalue weighted by molar-refractivity contribution is 6.65. The van der Waals surface area contributed by atoms with Crippen LogP contribution in [0.15, 0.2) is 18.2 Å². The van der Waals surface area contributed by atoms with Gasteiger partial charge in [0.15, 0.2) is 0 Å². The molecule has 1 aromatic rings. The maximum Gasteiger partial charge on any atom is 0.392 e. The van der Waals surface area contributed by atoms with Gasteiger partial charge in [0.1, 0.15) is 5.75 Å². The lowest BCUT2D eigenvalue weighted by Crippen LogP contribution is -2.38. The molecule has 0 amide bonds. The molecule has 0 unspecified atom stereocenters. The van der Waals surface area contributed by atoms with Gasteiger partial charge in [-0.3, -0.25) is 0 Å². The highest BCUT2D eigenvalue weighted by atomic mass is 35.5. The van der Waals surface area contributed by atoms with Crippen molar-refractivity contribution in [1.29, 1.82) is 0 Å². The monoisotopic (exact) mass is 544 g/mol. The van der Waals surface area contributed by atoms with Crippen molar-refractivity contribution in [2.24, 2.45) is 0 Å². The third kappa shape index (κ3) is 20.5. The predicted octanol–water partition coefficient (Wildman–Crippen LogP) is 11.9. The lowest BCUT2D eigenvalue weighted by Gasteiger charge is -2.24. The Bertz CT molecular complexity index is 604. The smallest absolute Gasteiger partial charge is 0.392 e. The van der Waals surface area contributed by atoms with E-state index in [1.807, 2.05) is 0 Å². The average molecular weight is 546 g/mol. The minimum absolute atomic E-state index is 0.589. The van der Waals surface area contributed by atoms with Crippen LogP contribution in [0.2, 0.25) is 23.1 Å². The van der Waals surface area contributed by atoms with Crippen LogP contribution in [0, 0.1) is 0 Å². The van der Waals surface area contributed by atoms with E-state index in [-0.39, 0.29) is 0 Å². The van der Waals surface area contributed by atoms with Crippen molar-refractivity contribution in [3.05, 3.63) is 28.2 Å². The van der Waals surface area contributed by atoms with Crippen LogP contribution < -0.4 is 4.43 Å². The molecular weight excluding hydrogens is 491 g/mol. The van der Waals surface area contributed by atoms with Crippen molar-refractivity contribution in [2.75, 3.05) is 6.61 Å². The van der Waals surface area contributed by atoms with Crippen molar-refractivity contribution < 1.29 is 8.85 Å². The van der Waals surface area contributed by atoms with E-state index >= 15 is 0 Å². The van der Waals surface area contributed by atoms with Crippen LogP contribution in [0.4, 0.5) is 0 Å². The van der Waals surface area contributed by atoms with Gasteiger partial charge >= 0.3 is 8.56 Å². The summed E-state index contributed by atoms with van der Waals surface area (Å²) in [5.74, 6) is 0.697. The van der Waals surface area contributed by atoms with Crippen molar-refractivity contribution in [3.63, 3.8) is 0 Å². The molecule has 35 heavy (non-hydrogen) atoms. The molecule has 1 rings (SSSR count). The summed E-state index contributed by atoms with van der Waals surface area (Å²) in [6.07, 6.45) is 28.0. The van der Waals surface area contributed by atoms with Gasteiger partial charge in [0, 0.05) is 16.7 Å². The molecule has 0 radical (unpaired) electrons. The zero-order chi connectivity index (χ0) is 25.6. The highest BCUT2D eigenvalue weighted by Gasteiger charge is 2.26. The van der Waals surface area contributed by atoms with E-state index < -0.39 is 8.56 Å². The summed E-state index contributed by atoms with van der Waals surface area (Å²) in [4.78, 5) is 0. The lowest BCUT2D eigenvalue weighted by atomic mass is 10.0. The van der Waals surface area contributed by atoms with E-state index in [1.165, 1.54) is 122 Å². The quantitative estimate of drug-likeness (QED) is 0.0950. The molecule has 0 spiro atoms. The zero-order valence-corrected chi connectivity index (χ0v) is 25.7. The molecule has 0 saturated heterocycles. The first-order chi connectivity index (χ1) is 16.9. The summed E-state index contributed by atoms with van der Waals surface area (Å²) in [5, 5.41) is 1.18. The molecular formula is C30H54Cl2O2Si. The first-order valence-corrected chi connectivity index (χ1v) is 18.3. The van der Waals surface area contributed by atoms with E-state index in [2.05, 4.69) is 20.0 Å². The van der Waals surface area contributed by atoms with Crippen LogP contribution in [-0.2, 0) is 4.43 Å². The Morgan fingerprint density at radius 2 is 0.886 bits per heavy atom. The molecule has 0 aromatic heterocycles. The molecule has 0 atom stereocenters. The number of benzene rings is 1. The average Bonchev–Trinajstić information content (AvgIpc) is 2.79.